The van der Waals surface area contributed by atoms with Gasteiger partial charge in [0.25, 0.3) is 0 Å². The molecule has 1 unspecified atom stereocenters. The number of nitrogens with one attached hydrogen (secondary N) is 1. The molecule has 1 amide bonds. The molecule has 0 radical (unpaired) electrons. The summed E-state index contributed by atoms with van der Waals surface area (Å²) in [5.41, 5.74) is 1.55. The average molecular weight is 316 g/mol. The van der Waals surface area contributed by atoms with Gasteiger partial charge in [0, 0.05) is 29.4 Å². The first-order valence-corrected chi connectivity index (χ1v) is 7.84. The van der Waals surface area contributed by atoms with Gasteiger partial charge in [-0.3, -0.25) is 9.59 Å². The van der Waals surface area contributed by atoms with E-state index in [1.807, 2.05) is 18.2 Å². The number of benzene rings is 1. The zero-order chi connectivity index (χ0) is 16.2. The van der Waals surface area contributed by atoms with Gasteiger partial charge in [0.1, 0.15) is 6.54 Å². The number of ether oxygens (including phenoxy) is 1. The van der Waals surface area contributed by atoms with Crippen molar-refractivity contribution in [2.24, 2.45) is 0 Å². The van der Waals surface area contributed by atoms with E-state index in [1.54, 1.807) is 16.8 Å². The normalized spacial score (nSPS) is 18.0. The van der Waals surface area contributed by atoms with E-state index in [1.165, 1.54) is 0 Å². The Kier molecular flexibility index (Phi) is 4.62. The van der Waals surface area contributed by atoms with Gasteiger partial charge in [-0.15, -0.1) is 0 Å². The highest BCUT2D eigenvalue weighted by Gasteiger charge is 2.17. The Morgan fingerprint density at radius 3 is 2.91 bits per heavy atom. The maximum absolute atomic E-state index is 12.1. The smallest absolute Gasteiger partial charge is 0.323 e. The number of hydrogen-bond donors (Lipinski definition) is 2. The van der Waals surface area contributed by atoms with E-state index in [4.69, 9.17) is 9.84 Å². The number of anilines is 1. The van der Waals surface area contributed by atoms with Crippen LogP contribution in [-0.4, -0.2) is 34.3 Å². The Morgan fingerprint density at radius 2 is 2.17 bits per heavy atom. The highest BCUT2D eigenvalue weighted by Crippen LogP contribution is 2.22. The molecule has 6 nitrogen and oxygen atoms in total. The lowest BCUT2D eigenvalue weighted by atomic mass is 10.1. The van der Waals surface area contributed by atoms with Gasteiger partial charge >= 0.3 is 5.97 Å². The topological polar surface area (TPSA) is 80.6 Å². The maximum Gasteiger partial charge on any atom is 0.323 e. The molecule has 23 heavy (non-hydrogen) atoms. The number of carbonyl (C=O) groups is 2. The first kappa shape index (κ1) is 15.6. The number of nitrogens with zero attached hydrogens (tertiary/aromatic N) is 1. The molecule has 2 heterocycles. The number of fused-ring (bicyclic) bond motifs is 1. The molecule has 0 spiro atoms. The molecule has 3 rings (SSSR count). The van der Waals surface area contributed by atoms with Crippen molar-refractivity contribution >= 4 is 28.5 Å². The van der Waals surface area contributed by atoms with Crippen LogP contribution in [0.5, 0.6) is 0 Å². The Balaban J connectivity index is 1.66. The molecular weight excluding hydrogens is 296 g/mol. The fourth-order valence-electron chi connectivity index (χ4n) is 2.95. The summed E-state index contributed by atoms with van der Waals surface area (Å²) in [7, 11) is 0. The number of carbonyl (C=O) groups excluding carboxylic acids is 1. The van der Waals surface area contributed by atoms with Crippen LogP contribution in [0, 0.1) is 0 Å². The fraction of sp³-hybridized carbons (Fsp3) is 0.412. The van der Waals surface area contributed by atoms with Crippen molar-refractivity contribution in [3.8, 4) is 0 Å². The average Bonchev–Trinajstić information content (AvgIpc) is 2.90. The first-order valence-electron chi connectivity index (χ1n) is 7.84. The van der Waals surface area contributed by atoms with E-state index in [0.717, 1.165) is 36.8 Å². The lowest BCUT2D eigenvalue weighted by Gasteiger charge is -2.21. The summed E-state index contributed by atoms with van der Waals surface area (Å²) in [5, 5.41) is 12.7. The summed E-state index contributed by atoms with van der Waals surface area (Å²) in [5.74, 6) is -0.937. The van der Waals surface area contributed by atoms with Gasteiger partial charge in [-0.25, -0.2) is 0 Å². The lowest BCUT2D eigenvalue weighted by Crippen LogP contribution is -2.25. The zero-order valence-corrected chi connectivity index (χ0v) is 12.8. The van der Waals surface area contributed by atoms with E-state index in [-0.39, 0.29) is 18.6 Å². The third-order valence-electron chi connectivity index (χ3n) is 4.05. The number of aliphatic carboxylic acids is 1. The number of carboxylic acids is 1. The van der Waals surface area contributed by atoms with Crippen LogP contribution in [0.1, 0.15) is 25.7 Å². The molecule has 0 aliphatic carbocycles. The number of carboxylic acid groups (broad SMARTS) is 1. The third kappa shape index (κ3) is 3.90. The van der Waals surface area contributed by atoms with Gasteiger partial charge < -0.3 is 19.7 Å². The van der Waals surface area contributed by atoms with Crippen LogP contribution in [0.4, 0.5) is 5.69 Å². The zero-order valence-electron chi connectivity index (χ0n) is 12.8. The monoisotopic (exact) mass is 316 g/mol. The van der Waals surface area contributed by atoms with Crippen molar-refractivity contribution in [3.05, 3.63) is 30.5 Å². The highest BCUT2D eigenvalue weighted by atomic mass is 16.5. The Labute approximate surface area is 134 Å². The molecule has 1 atom stereocenters. The largest absolute Gasteiger partial charge is 0.480 e. The number of aromatic nitrogens is 1. The number of hydrogen-bond acceptors (Lipinski definition) is 3. The molecule has 0 saturated carbocycles. The Bertz CT molecular complexity index is 716. The van der Waals surface area contributed by atoms with Crippen molar-refractivity contribution < 1.29 is 19.4 Å². The predicted molar refractivity (Wildman–Crippen MR) is 86.4 cm³/mol. The van der Waals surface area contributed by atoms with Crippen LogP contribution in [-0.2, 0) is 20.9 Å². The highest BCUT2D eigenvalue weighted by molar-refractivity contribution is 5.94. The molecule has 1 fully saturated rings. The van der Waals surface area contributed by atoms with Crippen LogP contribution in [0.15, 0.2) is 30.5 Å². The van der Waals surface area contributed by atoms with Crippen molar-refractivity contribution in [1.29, 1.82) is 0 Å². The minimum Gasteiger partial charge on any atom is -0.480 e. The van der Waals surface area contributed by atoms with E-state index in [2.05, 4.69) is 5.32 Å². The van der Waals surface area contributed by atoms with Gasteiger partial charge in [-0.1, -0.05) is 0 Å². The van der Waals surface area contributed by atoms with E-state index in [0.29, 0.717) is 12.1 Å². The summed E-state index contributed by atoms with van der Waals surface area (Å²) in [4.78, 5) is 22.9. The van der Waals surface area contributed by atoms with Gasteiger partial charge in [0.2, 0.25) is 5.91 Å². The summed E-state index contributed by atoms with van der Waals surface area (Å²) in [6, 6.07) is 7.32. The van der Waals surface area contributed by atoms with Crippen molar-refractivity contribution in [2.75, 3.05) is 11.9 Å². The molecule has 0 bridgehead atoms. The van der Waals surface area contributed by atoms with Crippen molar-refractivity contribution in [2.45, 2.75) is 38.3 Å². The quantitative estimate of drug-likeness (QED) is 0.888. The van der Waals surface area contributed by atoms with Crippen LogP contribution in [0.25, 0.3) is 10.9 Å². The summed E-state index contributed by atoms with van der Waals surface area (Å²) in [6.45, 7) is 0.662. The van der Waals surface area contributed by atoms with Gasteiger partial charge in [0.05, 0.1) is 12.5 Å². The van der Waals surface area contributed by atoms with Gasteiger partial charge in [-0.2, -0.15) is 0 Å². The molecule has 1 aromatic heterocycles. The van der Waals surface area contributed by atoms with Crippen LogP contribution < -0.4 is 5.32 Å². The summed E-state index contributed by atoms with van der Waals surface area (Å²) in [6.07, 6.45) is 5.25. The lowest BCUT2D eigenvalue weighted by molar-refractivity contribution is -0.137. The minimum atomic E-state index is -0.882. The molecule has 1 saturated heterocycles. The van der Waals surface area contributed by atoms with E-state index in [9.17, 15) is 9.59 Å². The maximum atomic E-state index is 12.1. The Morgan fingerprint density at radius 1 is 1.30 bits per heavy atom. The molecule has 1 aliphatic heterocycles. The van der Waals surface area contributed by atoms with E-state index < -0.39 is 5.97 Å². The summed E-state index contributed by atoms with van der Waals surface area (Å²) >= 11 is 0. The minimum absolute atomic E-state index is 0.0177. The standard InChI is InChI=1S/C17H20N2O4/c20-16(10-14-3-1-2-8-23-14)18-13-4-5-15-12(9-13)6-7-19(15)11-17(21)22/h4-7,9,14H,1-3,8,10-11H2,(H,18,20)(H,21,22). The second-order valence-corrected chi connectivity index (χ2v) is 5.85. The van der Waals surface area contributed by atoms with Gasteiger partial charge in [0.15, 0.2) is 0 Å². The van der Waals surface area contributed by atoms with Crippen LogP contribution >= 0.6 is 0 Å². The molecule has 122 valence electrons. The second-order valence-electron chi connectivity index (χ2n) is 5.85. The van der Waals surface area contributed by atoms with Crippen molar-refractivity contribution in [3.63, 3.8) is 0 Å². The molecule has 2 aromatic rings. The molecule has 1 aromatic carbocycles. The molecule has 1 aliphatic rings. The molecule has 6 heteroatoms. The SMILES string of the molecule is O=C(O)Cn1ccc2cc(NC(=O)CC3CCCCO3)ccc21. The fourth-order valence-corrected chi connectivity index (χ4v) is 2.95. The Hall–Kier alpha value is -2.34. The molecule has 2 N–H and O–H groups in total. The van der Waals surface area contributed by atoms with Crippen LogP contribution in [0.3, 0.4) is 0 Å². The second kappa shape index (κ2) is 6.83. The number of amides is 1. The summed E-state index contributed by atoms with van der Waals surface area (Å²) < 4.78 is 7.24. The number of rotatable bonds is 5. The third-order valence-corrected chi connectivity index (χ3v) is 4.05. The van der Waals surface area contributed by atoms with Crippen LogP contribution in [0.2, 0.25) is 0 Å². The van der Waals surface area contributed by atoms with E-state index >= 15 is 0 Å². The molecular formula is C17H20N2O4. The predicted octanol–water partition coefficient (Wildman–Crippen LogP) is 2.62. The first-order chi connectivity index (χ1) is 11.1. The van der Waals surface area contributed by atoms with Crippen molar-refractivity contribution in [1.82, 2.24) is 4.57 Å². The van der Waals surface area contributed by atoms with Gasteiger partial charge in [-0.05, 0) is 43.5 Å².